The largest absolute Gasteiger partial charge is 0.192 e. The molecule has 2 aromatic rings. The highest BCUT2D eigenvalue weighted by molar-refractivity contribution is 9.11. The van der Waals surface area contributed by atoms with Crippen molar-refractivity contribution in [2.75, 3.05) is 6.26 Å². The van der Waals surface area contributed by atoms with Crippen LogP contribution in [0.1, 0.15) is 10.4 Å². The van der Waals surface area contributed by atoms with Crippen molar-refractivity contribution < 1.29 is 0 Å². The predicted molar refractivity (Wildman–Crippen MR) is 82.3 cm³/mol. The van der Waals surface area contributed by atoms with Gasteiger partial charge in [0.1, 0.15) is 6.07 Å². The van der Waals surface area contributed by atoms with Gasteiger partial charge in [0.05, 0.1) is 9.36 Å². The van der Waals surface area contributed by atoms with E-state index in [1.165, 1.54) is 0 Å². The van der Waals surface area contributed by atoms with Crippen molar-refractivity contribution in [3.05, 3.63) is 43.2 Å². The van der Waals surface area contributed by atoms with Gasteiger partial charge in [-0.25, -0.2) is 0 Å². The van der Waals surface area contributed by atoms with E-state index in [0.29, 0.717) is 0 Å². The molecule has 2 rings (SSSR count). The molecule has 0 fully saturated rings. The Kier molecular flexibility index (Phi) is 4.46. The van der Waals surface area contributed by atoms with Crippen LogP contribution in [0, 0.1) is 11.3 Å². The van der Waals surface area contributed by atoms with Crippen LogP contribution in [0.25, 0.3) is 10.5 Å². The minimum absolute atomic E-state index is 0.744. The third-order valence-electron chi connectivity index (χ3n) is 2.18. The molecule has 0 saturated carbocycles. The van der Waals surface area contributed by atoms with Crippen LogP contribution in [0.2, 0.25) is 0 Å². The van der Waals surface area contributed by atoms with E-state index in [-0.39, 0.29) is 0 Å². The lowest BCUT2D eigenvalue weighted by Crippen LogP contribution is -1.84. The Morgan fingerprint density at radius 1 is 1.35 bits per heavy atom. The average Bonchev–Trinajstić information content (AvgIpc) is 2.97. The van der Waals surface area contributed by atoms with Crippen LogP contribution in [-0.4, -0.2) is 6.26 Å². The zero-order chi connectivity index (χ0) is 12.3. The molecule has 2 aromatic heterocycles. The summed E-state index contributed by atoms with van der Waals surface area (Å²) in [6.07, 6.45) is 2.01. The third-order valence-corrected chi connectivity index (χ3v) is 5.71. The van der Waals surface area contributed by atoms with E-state index in [1.54, 1.807) is 34.4 Å². The van der Waals surface area contributed by atoms with Crippen LogP contribution in [0.15, 0.2) is 32.7 Å². The zero-order valence-electron chi connectivity index (χ0n) is 8.94. The van der Waals surface area contributed by atoms with E-state index in [2.05, 4.69) is 22.0 Å². The van der Waals surface area contributed by atoms with Crippen molar-refractivity contribution in [3.63, 3.8) is 0 Å². The molecule has 5 heteroatoms. The number of halogens is 1. The summed E-state index contributed by atoms with van der Waals surface area (Å²) in [6, 6.07) is 8.37. The van der Waals surface area contributed by atoms with Gasteiger partial charge in [-0.2, -0.15) is 5.26 Å². The molecule has 0 spiro atoms. The molecule has 86 valence electrons. The second-order valence-corrected chi connectivity index (χ2v) is 7.10. The van der Waals surface area contributed by atoms with Gasteiger partial charge >= 0.3 is 0 Å². The van der Waals surface area contributed by atoms with Gasteiger partial charge in [-0.1, -0.05) is 6.07 Å². The van der Waals surface area contributed by atoms with Gasteiger partial charge in [-0.3, -0.25) is 0 Å². The number of hydrogen-bond donors (Lipinski definition) is 0. The minimum Gasteiger partial charge on any atom is -0.192 e. The highest BCUT2D eigenvalue weighted by atomic mass is 79.9. The minimum atomic E-state index is 0.744. The van der Waals surface area contributed by atoms with E-state index < -0.39 is 0 Å². The smallest absolute Gasteiger partial charge is 0.101 e. The molecule has 0 aromatic carbocycles. The summed E-state index contributed by atoms with van der Waals surface area (Å²) in [5.41, 5.74) is 1.73. The third kappa shape index (κ3) is 2.66. The second kappa shape index (κ2) is 5.87. The molecule has 0 N–H and O–H groups in total. The van der Waals surface area contributed by atoms with Gasteiger partial charge < -0.3 is 0 Å². The molecular formula is C12H8BrNS3. The fourth-order valence-corrected chi connectivity index (χ4v) is 4.41. The molecule has 0 aliphatic heterocycles. The SMILES string of the molecule is CS/C(=C(/C#N)c1ccsc1Br)c1cccs1. The maximum Gasteiger partial charge on any atom is 0.101 e. The monoisotopic (exact) mass is 341 g/mol. The summed E-state index contributed by atoms with van der Waals surface area (Å²) in [6.45, 7) is 0. The molecule has 0 amide bonds. The quantitative estimate of drug-likeness (QED) is 0.704. The molecule has 0 aliphatic rings. The Labute approximate surface area is 121 Å². The van der Waals surface area contributed by atoms with Gasteiger partial charge in [-0.15, -0.1) is 34.4 Å². The van der Waals surface area contributed by atoms with Crippen LogP contribution in [0.5, 0.6) is 0 Å². The Balaban J connectivity index is 2.61. The second-order valence-electron chi connectivity index (χ2n) is 3.11. The Bertz CT molecular complexity index is 575. The van der Waals surface area contributed by atoms with Crippen LogP contribution < -0.4 is 0 Å². The highest BCUT2D eigenvalue weighted by Crippen LogP contribution is 2.39. The molecule has 0 unspecified atom stereocenters. The molecule has 0 atom stereocenters. The summed E-state index contributed by atoms with van der Waals surface area (Å²) in [4.78, 5) is 2.19. The summed E-state index contributed by atoms with van der Waals surface area (Å²) >= 11 is 8.37. The van der Waals surface area contributed by atoms with Crippen molar-refractivity contribution in [1.29, 1.82) is 5.26 Å². The zero-order valence-corrected chi connectivity index (χ0v) is 13.0. The van der Waals surface area contributed by atoms with Gasteiger partial charge in [0, 0.05) is 15.3 Å². The lowest BCUT2D eigenvalue weighted by atomic mass is 10.1. The van der Waals surface area contributed by atoms with Crippen molar-refractivity contribution in [2.24, 2.45) is 0 Å². The first-order valence-corrected chi connectivity index (χ1v) is 8.51. The first-order chi connectivity index (χ1) is 8.27. The summed E-state index contributed by atoms with van der Waals surface area (Å²) in [5.74, 6) is 0. The maximum atomic E-state index is 9.39. The number of thiophene rings is 2. The number of nitriles is 1. The summed E-state index contributed by atoms with van der Waals surface area (Å²) < 4.78 is 1.01. The van der Waals surface area contributed by atoms with Crippen LogP contribution in [0.3, 0.4) is 0 Å². The first-order valence-electron chi connectivity index (χ1n) is 4.73. The van der Waals surface area contributed by atoms with Gasteiger partial charge in [0.15, 0.2) is 0 Å². The number of thioether (sulfide) groups is 1. The first kappa shape index (κ1) is 12.9. The Hall–Kier alpha value is -0.540. The van der Waals surface area contributed by atoms with E-state index >= 15 is 0 Å². The van der Waals surface area contributed by atoms with Gasteiger partial charge in [0.2, 0.25) is 0 Å². The van der Waals surface area contributed by atoms with E-state index in [0.717, 1.165) is 24.7 Å². The van der Waals surface area contributed by atoms with E-state index in [1.807, 2.05) is 35.2 Å². The van der Waals surface area contributed by atoms with Crippen LogP contribution >= 0.6 is 50.4 Å². The van der Waals surface area contributed by atoms with Gasteiger partial charge in [-0.05, 0) is 45.1 Å². The fourth-order valence-electron chi connectivity index (χ4n) is 1.44. The predicted octanol–water partition coefficient (Wildman–Crippen LogP) is 5.33. The molecule has 0 radical (unpaired) electrons. The Morgan fingerprint density at radius 3 is 2.65 bits per heavy atom. The molecule has 17 heavy (non-hydrogen) atoms. The molecule has 2 heterocycles. The molecule has 0 aliphatic carbocycles. The standard InChI is InChI=1S/C12H8BrNS3/c1-15-11(10-3-2-5-16-10)9(7-14)8-4-6-17-12(8)13/h2-6H,1H3/b11-9-. The fraction of sp³-hybridized carbons (Fsp3) is 0.0833. The molecule has 1 nitrogen and oxygen atoms in total. The maximum absolute atomic E-state index is 9.39. The van der Waals surface area contributed by atoms with Crippen molar-refractivity contribution in [3.8, 4) is 6.07 Å². The van der Waals surface area contributed by atoms with Crippen molar-refractivity contribution in [1.82, 2.24) is 0 Å². The molecular weight excluding hydrogens is 334 g/mol. The van der Waals surface area contributed by atoms with E-state index in [4.69, 9.17) is 0 Å². The molecule has 0 saturated heterocycles. The highest BCUT2D eigenvalue weighted by Gasteiger charge is 2.14. The normalized spacial score (nSPS) is 12.1. The van der Waals surface area contributed by atoms with Gasteiger partial charge in [0.25, 0.3) is 0 Å². The average molecular weight is 342 g/mol. The van der Waals surface area contributed by atoms with Crippen LogP contribution in [0.4, 0.5) is 0 Å². The number of allylic oxidation sites excluding steroid dienone is 1. The van der Waals surface area contributed by atoms with Crippen LogP contribution in [-0.2, 0) is 0 Å². The van der Waals surface area contributed by atoms with Crippen molar-refractivity contribution in [2.45, 2.75) is 0 Å². The summed E-state index contributed by atoms with van der Waals surface area (Å²) in [7, 11) is 0. The number of hydrogen-bond acceptors (Lipinski definition) is 4. The number of nitrogens with zero attached hydrogens (tertiary/aromatic N) is 1. The topological polar surface area (TPSA) is 23.8 Å². The number of rotatable bonds is 3. The summed E-state index contributed by atoms with van der Waals surface area (Å²) in [5, 5.41) is 13.4. The lowest BCUT2D eigenvalue weighted by Gasteiger charge is -2.05. The van der Waals surface area contributed by atoms with Crippen molar-refractivity contribution >= 4 is 60.8 Å². The molecule has 0 bridgehead atoms. The Morgan fingerprint density at radius 2 is 2.18 bits per heavy atom. The van der Waals surface area contributed by atoms with E-state index in [9.17, 15) is 5.26 Å². The lowest BCUT2D eigenvalue weighted by molar-refractivity contribution is 1.53.